The quantitative estimate of drug-likeness (QED) is 0.518. The minimum absolute atomic E-state index is 0.111. The van der Waals surface area contributed by atoms with Crippen molar-refractivity contribution in [1.29, 1.82) is 0 Å². The van der Waals surface area contributed by atoms with Gasteiger partial charge in [-0.2, -0.15) is 0 Å². The van der Waals surface area contributed by atoms with E-state index in [0.29, 0.717) is 24.2 Å². The fraction of sp³-hybridized carbons (Fsp3) is 0.318. The molecule has 3 rings (SSSR count). The van der Waals surface area contributed by atoms with Gasteiger partial charge in [0.15, 0.2) is 11.0 Å². The van der Waals surface area contributed by atoms with E-state index in [1.807, 2.05) is 61.9 Å². The van der Waals surface area contributed by atoms with Gasteiger partial charge in [0.1, 0.15) is 18.1 Å². The van der Waals surface area contributed by atoms with Crippen LogP contribution in [0.5, 0.6) is 11.5 Å². The van der Waals surface area contributed by atoms with Gasteiger partial charge in [-0.25, -0.2) is 0 Å². The highest BCUT2D eigenvalue weighted by atomic mass is 32.2. The first-order valence-corrected chi connectivity index (χ1v) is 10.7. The highest BCUT2D eigenvalue weighted by Gasteiger charge is 2.13. The Kier molecular flexibility index (Phi) is 7.35. The molecule has 0 aliphatic rings. The molecular weight excluding hydrogens is 400 g/mol. The number of aryl methyl sites for hydroxylation is 1. The molecule has 1 N–H and O–H groups in total. The van der Waals surface area contributed by atoms with Crippen LogP contribution in [-0.4, -0.2) is 33.0 Å². The van der Waals surface area contributed by atoms with Crippen LogP contribution >= 0.6 is 11.8 Å². The van der Waals surface area contributed by atoms with Crippen molar-refractivity contribution in [1.82, 2.24) is 14.8 Å². The lowest BCUT2D eigenvalue weighted by Gasteiger charge is -2.10. The van der Waals surface area contributed by atoms with Gasteiger partial charge in [-0.3, -0.25) is 4.79 Å². The molecule has 3 aromatic rings. The van der Waals surface area contributed by atoms with E-state index in [0.717, 1.165) is 22.7 Å². The minimum Gasteiger partial charge on any atom is -0.494 e. The van der Waals surface area contributed by atoms with Gasteiger partial charge >= 0.3 is 0 Å². The predicted octanol–water partition coefficient (Wildman–Crippen LogP) is 4.14. The Morgan fingerprint density at radius 3 is 2.60 bits per heavy atom. The number of nitrogens with zero attached hydrogens (tertiary/aromatic N) is 3. The van der Waals surface area contributed by atoms with Crippen LogP contribution in [0.25, 0.3) is 0 Å². The number of nitrogens with one attached hydrogen (secondary N) is 1. The van der Waals surface area contributed by atoms with Crippen molar-refractivity contribution in [2.75, 3.05) is 17.7 Å². The van der Waals surface area contributed by atoms with Gasteiger partial charge < -0.3 is 19.4 Å². The minimum atomic E-state index is -0.111. The number of benzene rings is 2. The number of hydrogen-bond donors (Lipinski definition) is 1. The van der Waals surface area contributed by atoms with E-state index in [-0.39, 0.29) is 11.7 Å². The third-order valence-electron chi connectivity index (χ3n) is 4.62. The first-order chi connectivity index (χ1) is 14.5. The van der Waals surface area contributed by atoms with Crippen LogP contribution in [0.2, 0.25) is 0 Å². The fourth-order valence-corrected chi connectivity index (χ4v) is 3.48. The molecule has 0 radical (unpaired) electrons. The molecule has 0 saturated carbocycles. The van der Waals surface area contributed by atoms with Crippen LogP contribution in [0.3, 0.4) is 0 Å². The smallest absolute Gasteiger partial charge is 0.234 e. The number of ether oxygens (including phenoxy) is 2. The molecule has 7 nitrogen and oxygen atoms in total. The monoisotopic (exact) mass is 426 g/mol. The summed E-state index contributed by atoms with van der Waals surface area (Å²) in [5.74, 6) is 2.43. The van der Waals surface area contributed by atoms with E-state index in [1.54, 1.807) is 0 Å². The van der Waals surface area contributed by atoms with Gasteiger partial charge in [0.05, 0.1) is 12.4 Å². The van der Waals surface area contributed by atoms with Crippen LogP contribution in [0.4, 0.5) is 5.69 Å². The zero-order valence-electron chi connectivity index (χ0n) is 17.6. The summed E-state index contributed by atoms with van der Waals surface area (Å²) in [4.78, 5) is 12.2. The number of carbonyl (C=O) groups is 1. The molecule has 0 fully saturated rings. The third kappa shape index (κ3) is 5.54. The van der Waals surface area contributed by atoms with E-state index in [1.165, 1.54) is 17.3 Å². The predicted molar refractivity (Wildman–Crippen MR) is 118 cm³/mol. The van der Waals surface area contributed by atoms with Crippen molar-refractivity contribution in [3.05, 3.63) is 59.4 Å². The molecule has 2 aromatic carbocycles. The molecule has 1 heterocycles. The lowest BCUT2D eigenvalue weighted by molar-refractivity contribution is -0.113. The van der Waals surface area contributed by atoms with Crippen molar-refractivity contribution in [2.24, 2.45) is 7.05 Å². The van der Waals surface area contributed by atoms with Crippen molar-refractivity contribution in [3.8, 4) is 11.5 Å². The molecule has 158 valence electrons. The zero-order valence-corrected chi connectivity index (χ0v) is 18.5. The standard InChI is InChI=1S/C22H26N4O3S/c1-5-28-18-11-9-17(10-12-18)23-21(27)14-30-22-25-24-20(26(22)4)13-29-19-8-6-7-15(2)16(19)3/h6-12H,5,13-14H2,1-4H3,(H,23,27). The van der Waals surface area contributed by atoms with Crippen molar-refractivity contribution in [3.63, 3.8) is 0 Å². The number of rotatable bonds is 9. The largest absolute Gasteiger partial charge is 0.494 e. The van der Waals surface area contributed by atoms with Crippen LogP contribution in [0.1, 0.15) is 23.9 Å². The summed E-state index contributed by atoms with van der Waals surface area (Å²) in [5, 5.41) is 11.9. The molecule has 0 spiro atoms. The van der Waals surface area contributed by atoms with E-state index in [4.69, 9.17) is 9.47 Å². The van der Waals surface area contributed by atoms with Gasteiger partial charge in [0.25, 0.3) is 0 Å². The number of carbonyl (C=O) groups excluding carboxylic acids is 1. The summed E-state index contributed by atoms with van der Waals surface area (Å²) in [6.07, 6.45) is 0. The summed E-state index contributed by atoms with van der Waals surface area (Å²) in [5.41, 5.74) is 3.02. The van der Waals surface area contributed by atoms with Crippen molar-refractivity contribution >= 4 is 23.4 Å². The second-order valence-corrected chi connectivity index (χ2v) is 7.68. The molecule has 0 aliphatic carbocycles. The summed E-state index contributed by atoms with van der Waals surface area (Å²) in [6, 6.07) is 13.3. The highest BCUT2D eigenvalue weighted by molar-refractivity contribution is 7.99. The summed E-state index contributed by atoms with van der Waals surface area (Å²) >= 11 is 1.33. The zero-order chi connectivity index (χ0) is 21.5. The van der Waals surface area contributed by atoms with E-state index < -0.39 is 0 Å². The number of thioether (sulfide) groups is 1. The SMILES string of the molecule is CCOc1ccc(NC(=O)CSc2nnc(COc3cccc(C)c3C)n2C)cc1. The lowest BCUT2D eigenvalue weighted by atomic mass is 10.1. The molecule has 1 amide bonds. The number of anilines is 1. The molecule has 0 aliphatic heterocycles. The average molecular weight is 427 g/mol. The maximum Gasteiger partial charge on any atom is 0.234 e. The maximum atomic E-state index is 12.2. The van der Waals surface area contributed by atoms with Gasteiger partial charge in [-0.15, -0.1) is 10.2 Å². The summed E-state index contributed by atoms with van der Waals surface area (Å²) in [7, 11) is 1.87. The Hall–Kier alpha value is -3.00. The van der Waals surface area contributed by atoms with Gasteiger partial charge in [-0.1, -0.05) is 23.9 Å². The second-order valence-electron chi connectivity index (χ2n) is 6.74. The first-order valence-electron chi connectivity index (χ1n) is 9.70. The van der Waals surface area contributed by atoms with Gasteiger partial charge in [-0.05, 0) is 62.2 Å². The topological polar surface area (TPSA) is 78.3 Å². The summed E-state index contributed by atoms with van der Waals surface area (Å²) < 4.78 is 13.2. The van der Waals surface area contributed by atoms with Crippen LogP contribution in [0, 0.1) is 13.8 Å². The lowest BCUT2D eigenvalue weighted by Crippen LogP contribution is -2.14. The van der Waals surface area contributed by atoms with E-state index in [2.05, 4.69) is 28.5 Å². The Morgan fingerprint density at radius 1 is 1.10 bits per heavy atom. The number of hydrogen-bond acceptors (Lipinski definition) is 6. The molecule has 0 unspecified atom stereocenters. The maximum absolute atomic E-state index is 12.2. The average Bonchev–Trinajstić information content (AvgIpc) is 3.09. The van der Waals surface area contributed by atoms with Gasteiger partial charge in [0, 0.05) is 12.7 Å². The first kappa shape index (κ1) is 21.7. The normalized spacial score (nSPS) is 10.7. The van der Waals surface area contributed by atoms with Crippen LogP contribution in [-0.2, 0) is 18.4 Å². The Balaban J connectivity index is 1.52. The molecule has 30 heavy (non-hydrogen) atoms. The Labute approximate surface area is 180 Å². The van der Waals surface area contributed by atoms with Crippen LogP contribution < -0.4 is 14.8 Å². The van der Waals surface area contributed by atoms with Crippen molar-refractivity contribution < 1.29 is 14.3 Å². The van der Waals surface area contributed by atoms with Crippen LogP contribution in [0.15, 0.2) is 47.6 Å². The molecule has 0 saturated heterocycles. The molecule has 0 atom stereocenters. The molecule has 0 bridgehead atoms. The van der Waals surface area contributed by atoms with Gasteiger partial charge in [0.2, 0.25) is 5.91 Å². The molecule has 8 heteroatoms. The molecular formula is C22H26N4O3S. The highest BCUT2D eigenvalue weighted by Crippen LogP contribution is 2.22. The Bertz CT molecular complexity index is 1000. The van der Waals surface area contributed by atoms with Crippen molar-refractivity contribution in [2.45, 2.75) is 32.5 Å². The van der Waals surface area contributed by atoms with E-state index in [9.17, 15) is 4.79 Å². The summed E-state index contributed by atoms with van der Waals surface area (Å²) in [6.45, 7) is 6.94. The second kappa shape index (κ2) is 10.2. The number of aromatic nitrogens is 3. The Morgan fingerprint density at radius 2 is 1.87 bits per heavy atom. The van der Waals surface area contributed by atoms with E-state index >= 15 is 0 Å². The fourth-order valence-electron chi connectivity index (χ4n) is 2.75. The molecule has 1 aromatic heterocycles. The third-order valence-corrected chi connectivity index (χ3v) is 5.64. The number of amides is 1.